The highest BCUT2D eigenvalue weighted by atomic mass is 35.5. The minimum atomic E-state index is -0.838. The first-order chi connectivity index (χ1) is 10.1. The van der Waals surface area contributed by atoms with Crippen LogP contribution in [0.25, 0.3) is 0 Å². The summed E-state index contributed by atoms with van der Waals surface area (Å²) in [6, 6.07) is 5.28. The molecule has 0 radical (unpaired) electrons. The number of hydrogen-bond donors (Lipinski definition) is 0. The van der Waals surface area contributed by atoms with Crippen LogP contribution in [0, 0.1) is 11.3 Å². The van der Waals surface area contributed by atoms with Crippen molar-refractivity contribution in [2.75, 3.05) is 0 Å². The molecule has 0 N–H and O–H groups in total. The Hall–Kier alpha value is -2.46. The van der Waals surface area contributed by atoms with Crippen molar-refractivity contribution in [1.82, 2.24) is 19.3 Å². The van der Waals surface area contributed by atoms with Gasteiger partial charge in [-0.3, -0.25) is 14.2 Å². The van der Waals surface area contributed by atoms with Crippen molar-refractivity contribution in [1.29, 1.82) is 5.26 Å². The monoisotopic (exact) mass is 303 g/mol. The van der Waals surface area contributed by atoms with Crippen LogP contribution in [0.4, 0.5) is 0 Å². The van der Waals surface area contributed by atoms with E-state index in [1.807, 2.05) is 0 Å². The molecule has 0 bridgehead atoms. The van der Waals surface area contributed by atoms with E-state index in [9.17, 15) is 9.59 Å². The molecule has 1 saturated carbocycles. The zero-order chi connectivity index (χ0) is 15.0. The third kappa shape index (κ3) is 2.34. The fourth-order valence-corrected chi connectivity index (χ4v) is 2.20. The van der Waals surface area contributed by atoms with Crippen molar-refractivity contribution in [2.24, 2.45) is 0 Å². The highest BCUT2D eigenvalue weighted by molar-refractivity contribution is 6.29. The molecule has 1 fully saturated rings. The van der Waals surface area contributed by atoms with Gasteiger partial charge in [-0.05, 0) is 25.0 Å². The largest absolute Gasteiger partial charge is 0.317 e. The van der Waals surface area contributed by atoms with Crippen LogP contribution in [-0.4, -0.2) is 19.3 Å². The molecule has 106 valence electrons. The summed E-state index contributed by atoms with van der Waals surface area (Å²) in [6.07, 6.45) is 4.14. The van der Waals surface area contributed by atoms with Gasteiger partial charge in [-0.15, -0.1) is 5.10 Å². The predicted molar refractivity (Wildman–Crippen MR) is 73.9 cm³/mol. The standard InChI is InChI=1S/C13H10ClN5O2/c14-10-2-1-9(16-17-10)7-18-5-6-19(12(21)11(18)20)13(8-15)3-4-13/h1-2,5-6H,3-4,7H2. The number of aromatic nitrogens is 4. The zero-order valence-corrected chi connectivity index (χ0v) is 11.6. The smallest absolute Gasteiger partial charge is 0.303 e. The van der Waals surface area contributed by atoms with E-state index in [1.54, 1.807) is 12.1 Å². The summed E-state index contributed by atoms with van der Waals surface area (Å²) in [7, 11) is 0. The summed E-state index contributed by atoms with van der Waals surface area (Å²) in [5, 5.41) is 16.9. The molecular weight excluding hydrogens is 294 g/mol. The fourth-order valence-electron chi connectivity index (χ4n) is 2.10. The molecule has 3 rings (SSSR count). The van der Waals surface area contributed by atoms with Crippen LogP contribution in [0.2, 0.25) is 5.15 Å². The van der Waals surface area contributed by atoms with E-state index in [4.69, 9.17) is 16.9 Å². The maximum absolute atomic E-state index is 12.1. The van der Waals surface area contributed by atoms with Crippen molar-refractivity contribution in [2.45, 2.75) is 24.9 Å². The predicted octanol–water partition coefficient (Wildman–Crippen LogP) is 0.514. The van der Waals surface area contributed by atoms with E-state index in [0.29, 0.717) is 18.5 Å². The molecule has 0 unspecified atom stereocenters. The Morgan fingerprint density at radius 3 is 2.57 bits per heavy atom. The SMILES string of the molecule is N#CC1(n2ccn(Cc3ccc(Cl)nn3)c(=O)c2=O)CC1. The van der Waals surface area contributed by atoms with Gasteiger partial charge in [0.15, 0.2) is 5.15 Å². The molecule has 0 spiro atoms. The number of nitriles is 1. The van der Waals surface area contributed by atoms with E-state index in [1.165, 1.54) is 21.5 Å². The summed E-state index contributed by atoms with van der Waals surface area (Å²) in [4.78, 5) is 24.2. The van der Waals surface area contributed by atoms with Crippen LogP contribution in [-0.2, 0) is 12.1 Å². The minimum absolute atomic E-state index is 0.124. The Kier molecular flexibility index (Phi) is 3.11. The maximum Gasteiger partial charge on any atom is 0.317 e. The highest BCUT2D eigenvalue weighted by Crippen LogP contribution is 2.41. The Balaban J connectivity index is 1.97. The third-order valence-electron chi connectivity index (χ3n) is 3.47. The zero-order valence-electron chi connectivity index (χ0n) is 10.9. The van der Waals surface area contributed by atoms with Gasteiger partial charge in [-0.2, -0.15) is 10.4 Å². The Bertz CT molecular complexity index is 843. The molecule has 7 nitrogen and oxygen atoms in total. The molecule has 0 amide bonds. The second-order valence-electron chi connectivity index (χ2n) is 4.90. The van der Waals surface area contributed by atoms with Crippen molar-refractivity contribution in [3.05, 3.63) is 56.1 Å². The van der Waals surface area contributed by atoms with Crippen molar-refractivity contribution < 1.29 is 0 Å². The maximum atomic E-state index is 12.1. The van der Waals surface area contributed by atoms with Gasteiger partial charge < -0.3 is 4.57 Å². The molecule has 0 aliphatic heterocycles. The van der Waals surface area contributed by atoms with Crippen LogP contribution in [0.3, 0.4) is 0 Å². The lowest BCUT2D eigenvalue weighted by atomic mass is 10.3. The summed E-state index contributed by atoms with van der Waals surface area (Å²) < 4.78 is 2.46. The van der Waals surface area contributed by atoms with Gasteiger partial charge in [-0.25, -0.2) is 0 Å². The number of rotatable bonds is 3. The first-order valence-electron chi connectivity index (χ1n) is 6.28. The Morgan fingerprint density at radius 2 is 2.00 bits per heavy atom. The van der Waals surface area contributed by atoms with Gasteiger partial charge in [0.1, 0.15) is 5.54 Å². The summed E-state index contributed by atoms with van der Waals surface area (Å²) in [5.41, 5.74) is -1.70. The molecule has 2 aromatic heterocycles. The van der Waals surface area contributed by atoms with E-state index in [0.717, 1.165) is 0 Å². The average Bonchev–Trinajstić information content (AvgIpc) is 3.27. The third-order valence-corrected chi connectivity index (χ3v) is 3.67. The number of hydrogen-bond acceptors (Lipinski definition) is 5. The average molecular weight is 304 g/mol. The van der Waals surface area contributed by atoms with E-state index >= 15 is 0 Å². The molecule has 1 aliphatic carbocycles. The quantitative estimate of drug-likeness (QED) is 0.770. The van der Waals surface area contributed by atoms with Crippen LogP contribution < -0.4 is 11.1 Å². The van der Waals surface area contributed by atoms with Gasteiger partial charge >= 0.3 is 11.1 Å². The topological polar surface area (TPSA) is 93.6 Å². The lowest BCUT2D eigenvalue weighted by Gasteiger charge is -2.11. The van der Waals surface area contributed by atoms with E-state index < -0.39 is 16.7 Å². The first kappa shape index (κ1) is 13.5. The molecule has 8 heteroatoms. The molecule has 1 aliphatic rings. The Labute approximate surface area is 124 Å². The second kappa shape index (κ2) is 4.82. The molecule has 21 heavy (non-hydrogen) atoms. The van der Waals surface area contributed by atoms with Gasteiger partial charge in [0.05, 0.1) is 18.3 Å². The van der Waals surface area contributed by atoms with Gasteiger partial charge in [0.25, 0.3) is 0 Å². The van der Waals surface area contributed by atoms with E-state index in [-0.39, 0.29) is 11.7 Å². The van der Waals surface area contributed by atoms with Crippen molar-refractivity contribution in [3.63, 3.8) is 0 Å². The van der Waals surface area contributed by atoms with Crippen LogP contribution >= 0.6 is 11.6 Å². The van der Waals surface area contributed by atoms with Crippen LogP contribution in [0.5, 0.6) is 0 Å². The summed E-state index contributed by atoms with van der Waals surface area (Å²) in [5.74, 6) is 0. The summed E-state index contributed by atoms with van der Waals surface area (Å²) in [6.45, 7) is 0.124. The van der Waals surface area contributed by atoms with Crippen LogP contribution in [0.1, 0.15) is 18.5 Å². The van der Waals surface area contributed by atoms with Gasteiger partial charge in [-0.1, -0.05) is 11.6 Å². The molecule has 0 atom stereocenters. The van der Waals surface area contributed by atoms with Crippen molar-refractivity contribution in [3.8, 4) is 6.07 Å². The molecular formula is C13H10ClN5O2. The minimum Gasteiger partial charge on any atom is -0.303 e. The first-order valence-corrected chi connectivity index (χ1v) is 6.65. The van der Waals surface area contributed by atoms with Gasteiger partial charge in [0, 0.05) is 12.4 Å². The fraction of sp³-hybridized carbons (Fsp3) is 0.308. The number of nitrogens with zero attached hydrogens (tertiary/aromatic N) is 5. The molecule has 0 saturated heterocycles. The normalized spacial score (nSPS) is 15.4. The molecule has 2 heterocycles. The molecule has 0 aromatic carbocycles. The Morgan fingerprint density at radius 1 is 1.24 bits per heavy atom. The second-order valence-corrected chi connectivity index (χ2v) is 5.28. The number of halogens is 1. The summed E-state index contributed by atoms with van der Waals surface area (Å²) >= 11 is 5.64. The van der Waals surface area contributed by atoms with Gasteiger partial charge in [0.2, 0.25) is 0 Å². The lowest BCUT2D eigenvalue weighted by Crippen LogP contribution is -2.44. The van der Waals surface area contributed by atoms with E-state index in [2.05, 4.69) is 16.3 Å². The lowest BCUT2D eigenvalue weighted by molar-refractivity contribution is 0.555. The molecule has 2 aromatic rings. The van der Waals surface area contributed by atoms with Crippen LogP contribution in [0.15, 0.2) is 34.1 Å². The van der Waals surface area contributed by atoms with Crippen molar-refractivity contribution >= 4 is 11.6 Å². The highest BCUT2D eigenvalue weighted by Gasteiger charge is 2.46.